The third-order valence-corrected chi connectivity index (χ3v) is 4.13. The summed E-state index contributed by atoms with van der Waals surface area (Å²) in [5.41, 5.74) is 6.30. The molecule has 2 aromatic rings. The third-order valence-electron chi connectivity index (χ3n) is 4.13. The van der Waals surface area contributed by atoms with E-state index in [1.54, 1.807) is 12.1 Å². The minimum atomic E-state index is -0.657. The Morgan fingerprint density at radius 1 is 1.24 bits per heavy atom. The molecule has 3 N–H and O–H groups in total. The van der Waals surface area contributed by atoms with Crippen molar-refractivity contribution >= 4 is 11.8 Å². The number of amides is 2. The van der Waals surface area contributed by atoms with Crippen molar-refractivity contribution in [3.8, 4) is 0 Å². The van der Waals surface area contributed by atoms with Gasteiger partial charge in [-0.3, -0.25) is 14.6 Å². The fourth-order valence-corrected chi connectivity index (χ4v) is 2.82. The van der Waals surface area contributed by atoms with E-state index in [0.717, 1.165) is 18.4 Å². The van der Waals surface area contributed by atoms with E-state index in [2.05, 4.69) is 10.3 Å². The maximum Gasteiger partial charge on any atom is 0.267 e. The number of nitrogens with two attached hydrogens (primary N) is 1. The summed E-state index contributed by atoms with van der Waals surface area (Å²) in [4.78, 5) is 27.5. The number of benzene rings is 1. The maximum atomic E-state index is 13.2. The van der Waals surface area contributed by atoms with Crippen LogP contribution in [-0.2, 0) is 4.74 Å². The van der Waals surface area contributed by atoms with E-state index >= 15 is 0 Å². The highest BCUT2D eigenvalue weighted by molar-refractivity contribution is 5.96. The number of carbonyl (C=O) groups is 2. The van der Waals surface area contributed by atoms with Gasteiger partial charge in [0, 0.05) is 12.8 Å². The number of rotatable bonds is 5. The first-order valence-electron chi connectivity index (χ1n) is 7.98. The molecular formula is C18H18FN3O3. The highest BCUT2D eigenvalue weighted by Gasteiger charge is 2.29. The van der Waals surface area contributed by atoms with Gasteiger partial charge in [-0.1, -0.05) is 12.1 Å². The van der Waals surface area contributed by atoms with Gasteiger partial charge in [0.2, 0.25) is 0 Å². The van der Waals surface area contributed by atoms with Gasteiger partial charge in [-0.15, -0.1) is 0 Å². The summed E-state index contributed by atoms with van der Waals surface area (Å²) in [5.74, 6) is -1.35. The van der Waals surface area contributed by atoms with Crippen molar-refractivity contribution in [2.45, 2.75) is 25.0 Å². The first-order chi connectivity index (χ1) is 12.0. The summed E-state index contributed by atoms with van der Waals surface area (Å²) >= 11 is 0. The lowest BCUT2D eigenvalue weighted by atomic mass is 9.99. The van der Waals surface area contributed by atoms with Gasteiger partial charge in [-0.25, -0.2) is 4.39 Å². The van der Waals surface area contributed by atoms with Crippen molar-refractivity contribution in [2.24, 2.45) is 5.73 Å². The number of primary amides is 1. The molecule has 130 valence electrons. The van der Waals surface area contributed by atoms with Gasteiger partial charge >= 0.3 is 0 Å². The monoisotopic (exact) mass is 343 g/mol. The number of pyridine rings is 1. The standard InChI is InChI=1S/C18H18FN3O3/c19-13-6-3-11(4-7-13)16(15-2-1-9-25-15)22-18(24)12-5-8-14(17(20)23)21-10-12/h3-8,10,15-16H,1-2,9H2,(H2,20,23)(H,22,24)/t15-,16-/m0/s1. The van der Waals surface area contributed by atoms with Crippen molar-refractivity contribution in [1.82, 2.24) is 10.3 Å². The highest BCUT2D eigenvalue weighted by atomic mass is 19.1. The molecule has 0 saturated carbocycles. The summed E-state index contributed by atoms with van der Waals surface area (Å²) in [6, 6.07) is 8.47. The first kappa shape index (κ1) is 17.0. The van der Waals surface area contributed by atoms with Gasteiger partial charge in [-0.05, 0) is 42.7 Å². The summed E-state index contributed by atoms with van der Waals surface area (Å²) in [5, 5.41) is 2.92. The predicted molar refractivity (Wildman–Crippen MR) is 88.3 cm³/mol. The molecule has 3 rings (SSSR count). The van der Waals surface area contributed by atoms with Gasteiger partial charge in [-0.2, -0.15) is 0 Å². The lowest BCUT2D eigenvalue weighted by Crippen LogP contribution is -2.36. The zero-order valence-corrected chi connectivity index (χ0v) is 13.4. The van der Waals surface area contributed by atoms with E-state index in [0.29, 0.717) is 12.2 Å². The number of nitrogens with zero attached hydrogens (tertiary/aromatic N) is 1. The molecule has 25 heavy (non-hydrogen) atoms. The van der Waals surface area contributed by atoms with Crippen LogP contribution >= 0.6 is 0 Å². The van der Waals surface area contributed by atoms with Crippen LogP contribution in [0.5, 0.6) is 0 Å². The molecule has 2 atom stereocenters. The largest absolute Gasteiger partial charge is 0.376 e. The lowest BCUT2D eigenvalue weighted by molar-refractivity contribution is 0.0672. The Bertz CT molecular complexity index is 756. The van der Waals surface area contributed by atoms with Crippen LogP contribution in [-0.4, -0.2) is 29.5 Å². The Balaban J connectivity index is 1.80. The average molecular weight is 343 g/mol. The van der Waals surface area contributed by atoms with Crippen LogP contribution in [0.2, 0.25) is 0 Å². The Morgan fingerprint density at radius 3 is 2.56 bits per heavy atom. The second kappa shape index (κ2) is 7.40. The first-order valence-corrected chi connectivity index (χ1v) is 7.98. The second-order valence-electron chi connectivity index (χ2n) is 5.85. The van der Waals surface area contributed by atoms with E-state index < -0.39 is 11.9 Å². The number of ether oxygens (including phenoxy) is 1. The van der Waals surface area contributed by atoms with E-state index in [9.17, 15) is 14.0 Å². The van der Waals surface area contributed by atoms with Crippen molar-refractivity contribution in [2.75, 3.05) is 6.61 Å². The Morgan fingerprint density at radius 2 is 2.00 bits per heavy atom. The van der Waals surface area contributed by atoms with Gasteiger partial charge in [0.1, 0.15) is 11.5 Å². The topological polar surface area (TPSA) is 94.3 Å². The van der Waals surface area contributed by atoms with Crippen molar-refractivity contribution < 1.29 is 18.7 Å². The molecule has 7 heteroatoms. The van der Waals surface area contributed by atoms with Crippen molar-refractivity contribution in [3.05, 3.63) is 65.2 Å². The molecule has 6 nitrogen and oxygen atoms in total. The van der Waals surface area contributed by atoms with E-state index in [1.807, 2.05) is 0 Å². The number of halogens is 1. The Hall–Kier alpha value is -2.80. The molecule has 1 fully saturated rings. The molecule has 1 aromatic carbocycles. The molecular weight excluding hydrogens is 325 g/mol. The molecule has 0 radical (unpaired) electrons. The summed E-state index contributed by atoms with van der Waals surface area (Å²) < 4.78 is 18.9. The van der Waals surface area contributed by atoms with Crippen molar-refractivity contribution in [3.63, 3.8) is 0 Å². The van der Waals surface area contributed by atoms with E-state index in [4.69, 9.17) is 10.5 Å². The molecule has 1 aromatic heterocycles. The van der Waals surface area contributed by atoms with E-state index in [1.165, 1.54) is 30.5 Å². The number of aromatic nitrogens is 1. The smallest absolute Gasteiger partial charge is 0.267 e. The van der Waals surface area contributed by atoms with Crippen LogP contribution in [0.15, 0.2) is 42.6 Å². The zero-order valence-electron chi connectivity index (χ0n) is 13.4. The van der Waals surface area contributed by atoms with Gasteiger partial charge in [0.05, 0.1) is 17.7 Å². The maximum absolute atomic E-state index is 13.2. The summed E-state index contributed by atoms with van der Waals surface area (Å²) in [6.45, 7) is 0.632. The van der Waals surface area contributed by atoms with Crippen LogP contribution in [0.1, 0.15) is 45.3 Å². The third kappa shape index (κ3) is 4.00. The fraction of sp³-hybridized carbons (Fsp3) is 0.278. The number of hydrogen-bond donors (Lipinski definition) is 2. The molecule has 0 unspecified atom stereocenters. The molecule has 0 bridgehead atoms. The van der Waals surface area contributed by atoms with Gasteiger partial charge in [0.25, 0.3) is 11.8 Å². The molecule has 2 heterocycles. The average Bonchev–Trinajstić information content (AvgIpc) is 3.15. The highest BCUT2D eigenvalue weighted by Crippen LogP contribution is 2.27. The Labute approximate surface area is 144 Å². The van der Waals surface area contributed by atoms with Gasteiger partial charge < -0.3 is 15.8 Å². The minimum absolute atomic E-state index is 0.0887. The molecule has 2 amide bonds. The molecule has 1 aliphatic heterocycles. The lowest BCUT2D eigenvalue weighted by Gasteiger charge is -2.24. The zero-order chi connectivity index (χ0) is 17.8. The SMILES string of the molecule is NC(=O)c1ccc(C(=O)N[C@@H](c2ccc(F)cc2)[C@@H]2CCCO2)cn1. The minimum Gasteiger partial charge on any atom is -0.376 e. The second-order valence-corrected chi connectivity index (χ2v) is 5.85. The fourth-order valence-electron chi connectivity index (χ4n) is 2.82. The molecule has 1 saturated heterocycles. The number of hydrogen-bond acceptors (Lipinski definition) is 4. The molecule has 1 aliphatic rings. The van der Waals surface area contributed by atoms with Crippen LogP contribution < -0.4 is 11.1 Å². The normalized spacial score (nSPS) is 17.9. The molecule has 0 spiro atoms. The van der Waals surface area contributed by atoms with Crippen LogP contribution in [0.4, 0.5) is 4.39 Å². The predicted octanol–water partition coefficient (Wildman–Crippen LogP) is 1.97. The Kier molecular flexibility index (Phi) is 5.04. The van der Waals surface area contributed by atoms with Crippen molar-refractivity contribution in [1.29, 1.82) is 0 Å². The van der Waals surface area contributed by atoms with Crippen LogP contribution in [0.3, 0.4) is 0 Å². The number of nitrogens with one attached hydrogen (secondary N) is 1. The van der Waals surface area contributed by atoms with E-state index in [-0.39, 0.29) is 23.5 Å². The molecule has 0 aliphatic carbocycles. The van der Waals surface area contributed by atoms with Crippen LogP contribution in [0.25, 0.3) is 0 Å². The summed E-state index contributed by atoms with van der Waals surface area (Å²) in [6.07, 6.45) is 2.84. The van der Waals surface area contributed by atoms with Gasteiger partial charge in [0.15, 0.2) is 0 Å². The summed E-state index contributed by atoms with van der Waals surface area (Å²) in [7, 11) is 0. The number of carbonyl (C=O) groups excluding carboxylic acids is 2. The quantitative estimate of drug-likeness (QED) is 0.868. The van der Waals surface area contributed by atoms with Crippen LogP contribution in [0, 0.1) is 5.82 Å².